The lowest BCUT2D eigenvalue weighted by molar-refractivity contribution is 0.321. The van der Waals surface area contributed by atoms with Gasteiger partial charge in [0.1, 0.15) is 11.5 Å². The molecule has 98 valence electrons. The van der Waals surface area contributed by atoms with E-state index >= 15 is 0 Å². The van der Waals surface area contributed by atoms with Crippen LogP contribution in [0.4, 0.5) is 0 Å². The van der Waals surface area contributed by atoms with Gasteiger partial charge < -0.3 is 14.8 Å². The molecule has 0 heterocycles. The summed E-state index contributed by atoms with van der Waals surface area (Å²) in [6.45, 7) is 5.51. The van der Waals surface area contributed by atoms with Crippen LogP contribution >= 0.6 is 0 Å². The number of rotatable bonds is 7. The Labute approximate surface area is 109 Å². The fourth-order valence-electron chi connectivity index (χ4n) is 1.50. The standard InChI is InChI=1S/C15H21NO2/c1-5-6-9-18-15-8-7-14(17-4)10-13(15)11-16-12(2)3/h1,7-8,10,12,16H,6,9,11H2,2-4H3. The molecule has 1 N–H and O–H groups in total. The highest BCUT2D eigenvalue weighted by atomic mass is 16.5. The predicted octanol–water partition coefficient (Wildman–Crippen LogP) is 2.60. The monoisotopic (exact) mass is 247 g/mol. The Morgan fingerprint density at radius 3 is 2.78 bits per heavy atom. The normalized spacial score (nSPS) is 10.2. The van der Waals surface area contributed by atoms with Crippen LogP contribution in [0, 0.1) is 12.3 Å². The Morgan fingerprint density at radius 2 is 2.17 bits per heavy atom. The second-order valence-corrected chi connectivity index (χ2v) is 4.31. The van der Waals surface area contributed by atoms with Crippen LogP contribution in [-0.2, 0) is 6.54 Å². The third kappa shape index (κ3) is 4.68. The van der Waals surface area contributed by atoms with Gasteiger partial charge in [0, 0.05) is 24.6 Å². The number of methoxy groups -OCH3 is 1. The molecule has 0 unspecified atom stereocenters. The van der Waals surface area contributed by atoms with E-state index in [1.165, 1.54) is 0 Å². The van der Waals surface area contributed by atoms with Gasteiger partial charge in [-0.15, -0.1) is 12.3 Å². The van der Waals surface area contributed by atoms with Gasteiger partial charge in [-0.25, -0.2) is 0 Å². The van der Waals surface area contributed by atoms with Gasteiger partial charge in [-0.1, -0.05) is 13.8 Å². The lowest BCUT2D eigenvalue weighted by Crippen LogP contribution is -2.22. The van der Waals surface area contributed by atoms with Crippen LogP contribution in [-0.4, -0.2) is 19.8 Å². The molecule has 3 nitrogen and oxygen atoms in total. The lowest BCUT2D eigenvalue weighted by atomic mass is 10.1. The average Bonchev–Trinajstić information content (AvgIpc) is 2.37. The van der Waals surface area contributed by atoms with E-state index in [4.69, 9.17) is 15.9 Å². The van der Waals surface area contributed by atoms with E-state index in [0.29, 0.717) is 19.1 Å². The molecule has 0 spiro atoms. The highest BCUT2D eigenvalue weighted by Gasteiger charge is 2.06. The summed E-state index contributed by atoms with van der Waals surface area (Å²) in [5.41, 5.74) is 1.08. The van der Waals surface area contributed by atoms with Gasteiger partial charge in [0.05, 0.1) is 13.7 Å². The summed E-state index contributed by atoms with van der Waals surface area (Å²) in [6.07, 6.45) is 5.83. The predicted molar refractivity (Wildman–Crippen MR) is 73.9 cm³/mol. The molecule has 1 aromatic carbocycles. The minimum Gasteiger partial charge on any atom is -0.497 e. The molecular weight excluding hydrogens is 226 g/mol. The fourth-order valence-corrected chi connectivity index (χ4v) is 1.50. The van der Waals surface area contributed by atoms with Crippen molar-refractivity contribution < 1.29 is 9.47 Å². The second kappa shape index (κ2) is 7.62. The Hall–Kier alpha value is -1.66. The third-order valence-corrected chi connectivity index (χ3v) is 2.47. The van der Waals surface area contributed by atoms with Crippen molar-refractivity contribution in [1.29, 1.82) is 0 Å². The van der Waals surface area contributed by atoms with Crippen molar-refractivity contribution >= 4 is 0 Å². The smallest absolute Gasteiger partial charge is 0.124 e. The maximum atomic E-state index is 5.67. The zero-order valence-corrected chi connectivity index (χ0v) is 11.3. The summed E-state index contributed by atoms with van der Waals surface area (Å²) < 4.78 is 10.9. The maximum Gasteiger partial charge on any atom is 0.124 e. The number of nitrogens with one attached hydrogen (secondary N) is 1. The van der Waals surface area contributed by atoms with E-state index < -0.39 is 0 Å². The van der Waals surface area contributed by atoms with Crippen LogP contribution < -0.4 is 14.8 Å². The number of hydrogen-bond acceptors (Lipinski definition) is 3. The van der Waals surface area contributed by atoms with Gasteiger partial charge in [-0.3, -0.25) is 0 Å². The van der Waals surface area contributed by atoms with Gasteiger partial charge in [-0.05, 0) is 18.2 Å². The van der Waals surface area contributed by atoms with Crippen LogP contribution in [0.3, 0.4) is 0 Å². The van der Waals surface area contributed by atoms with E-state index in [-0.39, 0.29) is 0 Å². The van der Waals surface area contributed by atoms with Gasteiger partial charge in [0.2, 0.25) is 0 Å². The lowest BCUT2D eigenvalue weighted by Gasteiger charge is -2.14. The van der Waals surface area contributed by atoms with Crippen molar-refractivity contribution in [1.82, 2.24) is 5.32 Å². The highest BCUT2D eigenvalue weighted by Crippen LogP contribution is 2.24. The molecule has 0 bridgehead atoms. The molecular formula is C15H21NO2. The molecule has 0 amide bonds. The molecule has 0 radical (unpaired) electrons. The summed E-state index contributed by atoms with van der Waals surface area (Å²) in [6, 6.07) is 6.23. The molecule has 0 atom stereocenters. The van der Waals surface area contributed by atoms with Crippen molar-refractivity contribution in [3.63, 3.8) is 0 Å². The largest absolute Gasteiger partial charge is 0.497 e. The number of benzene rings is 1. The minimum absolute atomic E-state index is 0.426. The van der Waals surface area contributed by atoms with Crippen molar-refractivity contribution in [2.45, 2.75) is 32.9 Å². The van der Waals surface area contributed by atoms with Gasteiger partial charge in [0.15, 0.2) is 0 Å². The van der Waals surface area contributed by atoms with Crippen molar-refractivity contribution in [2.75, 3.05) is 13.7 Å². The summed E-state index contributed by atoms with van der Waals surface area (Å²) >= 11 is 0. The van der Waals surface area contributed by atoms with Gasteiger partial charge in [-0.2, -0.15) is 0 Å². The minimum atomic E-state index is 0.426. The van der Waals surface area contributed by atoms with Crippen LogP contribution in [0.1, 0.15) is 25.8 Å². The van der Waals surface area contributed by atoms with E-state index in [1.54, 1.807) is 7.11 Å². The van der Waals surface area contributed by atoms with E-state index in [2.05, 4.69) is 25.1 Å². The number of ether oxygens (including phenoxy) is 2. The van der Waals surface area contributed by atoms with Crippen LogP contribution in [0.15, 0.2) is 18.2 Å². The molecule has 18 heavy (non-hydrogen) atoms. The Kier molecular flexibility index (Phi) is 6.10. The SMILES string of the molecule is C#CCCOc1ccc(OC)cc1CNC(C)C. The van der Waals surface area contributed by atoms with E-state index in [9.17, 15) is 0 Å². The number of terminal acetylenes is 1. The van der Waals surface area contributed by atoms with Gasteiger partial charge >= 0.3 is 0 Å². The average molecular weight is 247 g/mol. The van der Waals surface area contributed by atoms with Crippen molar-refractivity contribution in [3.8, 4) is 23.8 Å². The molecule has 0 fully saturated rings. The molecule has 1 rings (SSSR count). The molecule has 0 aromatic heterocycles. The molecule has 0 saturated carbocycles. The van der Waals surface area contributed by atoms with E-state index in [1.807, 2.05) is 18.2 Å². The number of hydrogen-bond donors (Lipinski definition) is 1. The zero-order valence-electron chi connectivity index (χ0n) is 11.3. The van der Waals surface area contributed by atoms with Crippen LogP contribution in [0.5, 0.6) is 11.5 Å². The quantitative estimate of drug-likeness (QED) is 0.593. The molecule has 0 saturated heterocycles. The Morgan fingerprint density at radius 1 is 1.39 bits per heavy atom. The first-order valence-electron chi connectivity index (χ1n) is 6.14. The van der Waals surface area contributed by atoms with Gasteiger partial charge in [0.25, 0.3) is 0 Å². The highest BCUT2D eigenvalue weighted by molar-refractivity contribution is 5.40. The van der Waals surface area contributed by atoms with Crippen molar-refractivity contribution in [2.24, 2.45) is 0 Å². The Bertz CT molecular complexity index is 407. The zero-order chi connectivity index (χ0) is 13.4. The molecule has 3 heteroatoms. The van der Waals surface area contributed by atoms with E-state index in [0.717, 1.165) is 23.6 Å². The maximum absolute atomic E-state index is 5.67. The van der Waals surface area contributed by atoms with Crippen LogP contribution in [0.2, 0.25) is 0 Å². The summed E-state index contributed by atoms with van der Waals surface area (Å²) in [5, 5.41) is 3.37. The molecule has 0 aliphatic rings. The van der Waals surface area contributed by atoms with Crippen LogP contribution in [0.25, 0.3) is 0 Å². The topological polar surface area (TPSA) is 30.5 Å². The fraction of sp³-hybridized carbons (Fsp3) is 0.467. The first-order valence-corrected chi connectivity index (χ1v) is 6.14. The Balaban J connectivity index is 2.76. The van der Waals surface area contributed by atoms with Crippen molar-refractivity contribution in [3.05, 3.63) is 23.8 Å². The first-order chi connectivity index (χ1) is 8.67. The second-order valence-electron chi connectivity index (χ2n) is 4.31. The summed E-state index contributed by atoms with van der Waals surface area (Å²) in [7, 11) is 1.66. The molecule has 1 aromatic rings. The first kappa shape index (κ1) is 14.4. The summed E-state index contributed by atoms with van der Waals surface area (Å²) in [4.78, 5) is 0. The summed E-state index contributed by atoms with van der Waals surface area (Å²) in [5.74, 6) is 4.26. The third-order valence-electron chi connectivity index (χ3n) is 2.47. The molecule has 0 aliphatic carbocycles. The molecule has 0 aliphatic heterocycles.